The van der Waals surface area contributed by atoms with Crippen LogP contribution in [0, 0.1) is 23.7 Å². The SMILES string of the molecule is CCCCC(CC)COC(=O)c1cc2c(Br)sc(-c3cc4c(OCC(CC)CCCC)c5sc(-c6sc(Br)c7cc(C(=O)OCC(CC)CCCC)sc67)cc5c(OCC(CC)CCCC)c4s3)c2s1. The van der Waals surface area contributed by atoms with Gasteiger partial charge in [-0.2, -0.15) is 0 Å². The standard InChI is InChI=1S/C56H72Br2O6S6/c1-9-17-21-33(13-5)29-61-45-37-25-41(51-49-39(53(57)69-51)27-43(67-49)55(59)63-31-35(15-7)23-19-11-3)66-48(37)46(62-30-34(14-6)22-18-10-2)38-26-42(65-47(38)45)52-50-40(54(58)70-52)28-44(68-50)56(60)64-32-36(16-8)24-20-12-4/h25-28,33-36H,9-24,29-32H2,1-8H3. The van der Waals surface area contributed by atoms with Crippen molar-refractivity contribution in [3.63, 3.8) is 0 Å². The Balaban J connectivity index is 1.34. The number of thiophene rings is 6. The fraction of sp³-hybridized carbons (Fsp3) is 0.571. The maximum atomic E-state index is 13.6. The molecule has 0 aliphatic heterocycles. The zero-order chi connectivity index (χ0) is 49.9. The van der Waals surface area contributed by atoms with E-state index < -0.39 is 0 Å². The number of hydrogen-bond donors (Lipinski definition) is 0. The van der Waals surface area contributed by atoms with Crippen LogP contribution in [0.5, 0.6) is 11.5 Å². The first-order valence-corrected chi connectivity index (χ1v) is 32.6. The summed E-state index contributed by atoms with van der Waals surface area (Å²) in [5.41, 5.74) is 0. The molecule has 0 aliphatic rings. The van der Waals surface area contributed by atoms with Crippen molar-refractivity contribution in [2.45, 2.75) is 158 Å². The second-order valence-corrected chi connectivity index (χ2v) is 27.9. The van der Waals surface area contributed by atoms with Crippen molar-refractivity contribution in [3.8, 4) is 31.0 Å². The van der Waals surface area contributed by atoms with Gasteiger partial charge in [-0.15, -0.1) is 68.0 Å². The van der Waals surface area contributed by atoms with Crippen LogP contribution in [0.15, 0.2) is 31.8 Å². The van der Waals surface area contributed by atoms with E-state index in [1.807, 2.05) is 12.1 Å². The molecular formula is C56H72Br2O6S6. The number of halogens is 2. The van der Waals surface area contributed by atoms with Crippen LogP contribution in [-0.2, 0) is 9.47 Å². The minimum Gasteiger partial charge on any atom is -0.491 e. The summed E-state index contributed by atoms with van der Waals surface area (Å²) >= 11 is 17.8. The summed E-state index contributed by atoms with van der Waals surface area (Å²) in [4.78, 5) is 33.0. The fourth-order valence-electron chi connectivity index (χ4n) is 9.05. The molecule has 6 nitrogen and oxygen atoms in total. The molecule has 4 unspecified atom stereocenters. The Bertz CT molecular complexity index is 2560. The summed E-state index contributed by atoms with van der Waals surface area (Å²) in [5, 5.41) is 4.23. The molecule has 6 aromatic heterocycles. The molecule has 0 aliphatic carbocycles. The molecule has 7 aromatic rings. The molecule has 14 heteroatoms. The average Bonchev–Trinajstić information content (AvgIpc) is 4.24. The van der Waals surface area contributed by atoms with Crippen LogP contribution in [0.1, 0.15) is 177 Å². The second kappa shape index (κ2) is 27.0. The highest BCUT2D eigenvalue weighted by Gasteiger charge is 2.29. The number of benzene rings is 1. The van der Waals surface area contributed by atoms with E-state index in [0.717, 1.165) is 169 Å². The van der Waals surface area contributed by atoms with Crippen molar-refractivity contribution in [1.29, 1.82) is 0 Å². The molecule has 6 heterocycles. The van der Waals surface area contributed by atoms with E-state index in [2.05, 4.69) is 99.4 Å². The van der Waals surface area contributed by atoms with E-state index in [-0.39, 0.29) is 11.9 Å². The molecule has 0 spiro atoms. The van der Waals surface area contributed by atoms with Gasteiger partial charge in [-0.25, -0.2) is 9.59 Å². The molecule has 0 radical (unpaired) electrons. The minimum atomic E-state index is -0.239. The maximum Gasteiger partial charge on any atom is 0.348 e. The molecule has 1 aromatic carbocycles. The molecule has 0 saturated heterocycles. The Labute approximate surface area is 457 Å². The lowest BCUT2D eigenvalue weighted by Crippen LogP contribution is -2.13. The average molecular weight is 1190 g/mol. The first kappa shape index (κ1) is 55.7. The Kier molecular flexibility index (Phi) is 21.5. The van der Waals surface area contributed by atoms with Crippen molar-refractivity contribution in [1.82, 2.24) is 0 Å². The molecular weight excluding hydrogens is 1120 g/mol. The van der Waals surface area contributed by atoms with E-state index in [1.165, 1.54) is 35.5 Å². The fourth-order valence-corrected chi connectivity index (χ4v) is 18.1. The van der Waals surface area contributed by atoms with Crippen molar-refractivity contribution < 1.29 is 28.5 Å². The van der Waals surface area contributed by atoms with Gasteiger partial charge in [0.2, 0.25) is 0 Å². The van der Waals surface area contributed by atoms with Gasteiger partial charge in [0.05, 0.1) is 62.6 Å². The van der Waals surface area contributed by atoms with Crippen molar-refractivity contribution in [2.75, 3.05) is 26.4 Å². The molecule has 0 amide bonds. The van der Waals surface area contributed by atoms with E-state index in [9.17, 15) is 9.59 Å². The van der Waals surface area contributed by atoms with E-state index in [1.54, 1.807) is 45.3 Å². The summed E-state index contributed by atoms with van der Waals surface area (Å²) in [6.45, 7) is 20.0. The van der Waals surface area contributed by atoms with Gasteiger partial charge >= 0.3 is 11.9 Å². The van der Waals surface area contributed by atoms with Crippen molar-refractivity contribution in [3.05, 3.63) is 41.6 Å². The van der Waals surface area contributed by atoms with Gasteiger partial charge in [0, 0.05) is 31.3 Å². The Morgan fingerprint density at radius 1 is 0.443 bits per heavy atom. The van der Waals surface area contributed by atoms with Gasteiger partial charge in [-0.05, 0) is 105 Å². The largest absolute Gasteiger partial charge is 0.491 e. The van der Waals surface area contributed by atoms with Gasteiger partial charge < -0.3 is 18.9 Å². The van der Waals surface area contributed by atoms with Crippen molar-refractivity contribution in [2.24, 2.45) is 23.7 Å². The van der Waals surface area contributed by atoms with Gasteiger partial charge in [-0.1, -0.05) is 132 Å². The Hall–Kier alpha value is -2.04. The molecule has 0 fully saturated rings. The van der Waals surface area contributed by atoms with Gasteiger partial charge in [0.25, 0.3) is 0 Å². The first-order chi connectivity index (χ1) is 34.0. The highest BCUT2D eigenvalue weighted by Crippen LogP contribution is 2.57. The van der Waals surface area contributed by atoms with Gasteiger partial charge in [0.15, 0.2) is 0 Å². The molecule has 4 atom stereocenters. The highest BCUT2D eigenvalue weighted by molar-refractivity contribution is 9.11. The van der Waals surface area contributed by atoms with Crippen LogP contribution in [0.4, 0.5) is 0 Å². The number of carbonyl (C=O) groups is 2. The molecule has 0 bridgehead atoms. The Morgan fingerprint density at radius 3 is 1.11 bits per heavy atom. The molecule has 0 saturated carbocycles. The van der Waals surface area contributed by atoms with Crippen LogP contribution < -0.4 is 9.47 Å². The lowest BCUT2D eigenvalue weighted by atomic mass is 10.0. The third-order valence-corrected chi connectivity index (χ3v) is 22.9. The lowest BCUT2D eigenvalue weighted by molar-refractivity contribution is 0.0425. The summed E-state index contributed by atoms with van der Waals surface area (Å²) in [6.07, 6.45) is 17.8. The molecule has 7 rings (SSSR count). The molecule has 382 valence electrons. The predicted molar refractivity (Wildman–Crippen MR) is 315 cm³/mol. The molecule has 0 N–H and O–H groups in total. The number of carbonyl (C=O) groups excluding carboxylic acids is 2. The maximum absolute atomic E-state index is 13.6. The van der Waals surface area contributed by atoms with Gasteiger partial charge in [-0.3, -0.25) is 0 Å². The number of ether oxygens (including phenoxy) is 4. The van der Waals surface area contributed by atoms with Crippen LogP contribution in [0.2, 0.25) is 0 Å². The van der Waals surface area contributed by atoms with Crippen LogP contribution >= 0.6 is 99.9 Å². The van der Waals surface area contributed by atoms with Crippen LogP contribution in [0.25, 0.3) is 59.9 Å². The topological polar surface area (TPSA) is 71.1 Å². The highest BCUT2D eigenvalue weighted by atomic mass is 79.9. The second-order valence-electron chi connectivity index (χ2n) is 19.0. The van der Waals surface area contributed by atoms with Crippen LogP contribution in [0.3, 0.4) is 0 Å². The van der Waals surface area contributed by atoms with Crippen LogP contribution in [-0.4, -0.2) is 38.4 Å². The third-order valence-electron chi connectivity index (χ3n) is 13.9. The smallest absolute Gasteiger partial charge is 0.348 e. The summed E-state index contributed by atoms with van der Waals surface area (Å²) in [7, 11) is 0. The quantitative estimate of drug-likeness (QED) is 0.0418. The summed E-state index contributed by atoms with van der Waals surface area (Å²) < 4.78 is 32.7. The summed E-state index contributed by atoms with van der Waals surface area (Å²) in [5.74, 6) is 2.99. The van der Waals surface area contributed by atoms with E-state index >= 15 is 0 Å². The summed E-state index contributed by atoms with van der Waals surface area (Å²) in [6, 6.07) is 8.65. The number of unbranched alkanes of at least 4 members (excludes halogenated alkanes) is 4. The lowest BCUT2D eigenvalue weighted by Gasteiger charge is -2.19. The monoisotopic (exact) mass is 1190 g/mol. The zero-order valence-corrected chi connectivity index (χ0v) is 50.5. The number of hydrogen-bond acceptors (Lipinski definition) is 12. The minimum absolute atomic E-state index is 0.239. The van der Waals surface area contributed by atoms with E-state index in [4.69, 9.17) is 18.9 Å². The number of fused-ring (bicyclic) bond motifs is 4. The number of rotatable bonds is 30. The third kappa shape index (κ3) is 13.1. The molecule has 70 heavy (non-hydrogen) atoms. The normalized spacial score (nSPS) is 13.7. The number of esters is 2. The predicted octanol–water partition coefficient (Wildman–Crippen LogP) is 21.5. The van der Waals surface area contributed by atoms with Gasteiger partial charge in [0.1, 0.15) is 21.3 Å². The van der Waals surface area contributed by atoms with Crippen molar-refractivity contribution >= 4 is 152 Å². The Morgan fingerprint density at radius 2 is 0.786 bits per heavy atom. The zero-order valence-electron chi connectivity index (χ0n) is 42.4. The first-order valence-electron chi connectivity index (χ1n) is 26.1. The van der Waals surface area contributed by atoms with E-state index in [0.29, 0.717) is 59.9 Å².